The number of hydrogen-bond acceptors (Lipinski definition) is 2. The molecule has 0 spiro atoms. The molecule has 30 heavy (non-hydrogen) atoms. The van der Waals surface area contributed by atoms with Crippen LogP contribution in [0.1, 0.15) is 155 Å². The highest BCUT2D eigenvalue weighted by Gasteiger charge is 2.15. The molecule has 0 amide bonds. The van der Waals surface area contributed by atoms with Gasteiger partial charge < -0.3 is 10.2 Å². The molecule has 0 aliphatic heterocycles. The Morgan fingerprint density at radius 3 is 1.10 bits per heavy atom. The van der Waals surface area contributed by atoms with Gasteiger partial charge in [0.15, 0.2) is 0 Å². The number of hydrogen-bond donors (Lipinski definition) is 2. The third kappa shape index (κ3) is 22.3. The number of unbranched alkanes of at least 4 members (excludes halogenated alkanes) is 17. The Morgan fingerprint density at radius 2 is 0.733 bits per heavy atom. The first-order valence-electron chi connectivity index (χ1n) is 13.7. The molecular formula is C28H56O2. The van der Waals surface area contributed by atoms with Gasteiger partial charge in [-0.3, -0.25) is 0 Å². The van der Waals surface area contributed by atoms with Crippen LogP contribution in [-0.2, 0) is 0 Å². The summed E-state index contributed by atoms with van der Waals surface area (Å²) in [5.74, 6) is 0. The molecule has 2 atom stereocenters. The van der Waals surface area contributed by atoms with Gasteiger partial charge in [-0.1, -0.05) is 129 Å². The Morgan fingerprint density at radius 1 is 0.433 bits per heavy atom. The summed E-state index contributed by atoms with van der Waals surface area (Å²) in [5.41, 5.74) is 0. The Kier molecular flexibility index (Phi) is 24.6. The minimum atomic E-state index is -0.519. The molecular weight excluding hydrogens is 368 g/mol. The van der Waals surface area contributed by atoms with Crippen molar-refractivity contribution in [1.82, 2.24) is 0 Å². The van der Waals surface area contributed by atoms with Gasteiger partial charge >= 0.3 is 0 Å². The van der Waals surface area contributed by atoms with E-state index in [1.807, 2.05) is 0 Å². The highest BCUT2D eigenvalue weighted by Crippen LogP contribution is 2.15. The topological polar surface area (TPSA) is 40.5 Å². The van der Waals surface area contributed by atoms with Crippen molar-refractivity contribution in [3.63, 3.8) is 0 Å². The van der Waals surface area contributed by atoms with Gasteiger partial charge in [-0.2, -0.15) is 0 Å². The van der Waals surface area contributed by atoms with Crippen molar-refractivity contribution in [2.24, 2.45) is 0 Å². The third-order valence-corrected chi connectivity index (χ3v) is 6.31. The Bertz CT molecular complexity index is 340. The van der Waals surface area contributed by atoms with E-state index in [0.717, 1.165) is 25.7 Å². The molecule has 2 heteroatoms. The van der Waals surface area contributed by atoms with Crippen LogP contribution in [0.4, 0.5) is 0 Å². The normalized spacial score (nSPS) is 13.9. The first-order valence-corrected chi connectivity index (χ1v) is 13.7. The van der Waals surface area contributed by atoms with Crippen molar-refractivity contribution in [1.29, 1.82) is 0 Å². The third-order valence-electron chi connectivity index (χ3n) is 6.31. The molecule has 2 N–H and O–H groups in total. The van der Waals surface area contributed by atoms with E-state index in [9.17, 15) is 10.2 Å². The molecule has 0 saturated carbocycles. The van der Waals surface area contributed by atoms with Crippen LogP contribution in [0.15, 0.2) is 12.2 Å². The number of allylic oxidation sites excluding steroid dienone is 2. The fourth-order valence-electron chi connectivity index (χ4n) is 4.12. The van der Waals surface area contributed by atoms with Gasteiger partial charge in [-0.05, 0) is 38.5 Å². The summed E-state index contributed by atoms with van der Waals surface area (Å²) in [7, 11) is 0. The first-order chi connectivity index (χ1) is 14.7. The average molecular weight is 425 g/mol. The van der Waals surface area contributed by atoms with Gasteiger partial charge in [0.2, 0.25) is 0 Å². The van der Waals surface area contributed by atoms with E-state index < -0.39 is 12.2 Å². The second-order valence-electron chi connectivity index (χ2n) is 9.42. The van der Waals surface area contributed by atoms with Crippen LogP contribution in [0.5, 0.6) is 0 Å². The second kappa shape index (κ2) is 24.9. The second-order valence-corrected chi connectivity index (χ2v) is 9.42. The largest absolute Gasteiger partial charge is 0.390 e. The van der Waals surface area contributed by atoms with E-state index in [2.05, 4.69) is 26.0 Å². The van der Waals surface area contributed by atoms with Crippen LogP contribution >= 0.6 is 0 Å². The molecule has 0 aliphatic carbocycles. The number of aliphatic hydroxyl groups excluding tert-OH is 2. The van der Waals surface area contributed by atoms with Crippen molar-refractivity contribution in [3.8, 4) is 0 Å². The Balaban J connectivity index is 3.33. The van der Waals surface area contributed by atoms with E-state index in [4.69, 9.17) is 0 Å². The molecule has 0 rings (SSSR count). The van der Waals surface area contributed by atoms with Crippen LogP contribution in [0.25, 0.3) is 0 Å². The highest BCUT2D eigenvalue weighted by atomic mass is 16.3. The summed E-state index contributed by atoms with van der Waals surface area (Å²) >= 11 is 0. The maximum absolute atomic E-state index is 10.1. The lowest BCUT2D eigenvalue weighted by Crippen LogP contribution is -2.25. The van der Waals surface area contributed by atoms with Crippen molar-refractivity contribution in [2.75, 3.05) is 0 Å². The lowest BCUT2D eigenvalue weighted by Gasteiger charge is -2.17. The first kappa shape index (κ1) is 29.7. The maximum Gasteiger partial charge on any atom is 0.0799 e. The van der Waals surface area contributed by atoms with E-state index in [1.54, 1.807) is 0 Å². The zero-order valence-corrected chi connectivity index (χ0v) is 20.8. The van der Waals surface area contributed by atoms with Gasteiger partial charge in [-0.15, -0.1) is 0 Å². The summed E-state index contributed by atoms with van der Waals surface area (Å²) in [6.45, 7) is 4.52. The highest BCUT2D eigenvalue weighted by molar-refractivity contribution is 4.81. The van der Waals surface area contributed by atoms with E-state index >= 15 is 0 Å². The lowest BCUT2D eigenvalue weighted by atomic mass is 9.99. The summed E-state index contributed by atoms with van der Waals surface area (Å²) in [6.07, 6.45) is 30.9. The average Bonchev–Trinajstić information content (AvgIpc) is 2.75. The van der Waals surface area contributed by atoms with Crippen LogP contribution in [0.3, 0.4) is 0 Å². The fourth-order valence-corrected chi connectivity index (χ4v) is 4.12. The molecule has 0 fully saturated rings. The molecule has 0 saturated heterocycles. The molecule has 0 radical (unpaired) electrons. The summed E-state index contributed by atoms with van der Waals surface area (Å²) < 4.78 is 0. The van der Waals surface area contributed by atoms with E-state index in [0.29, 0.717) is 0 Å². The van der Waals surface area contributed by atoms with E-state index in [1.165, 1.54) is 116 Å². The summed E-state index contributed by atoms with van der Waals surface area (Å²) in [6, 6.07) is 0. The minimum Gasteiger partial charge on any atom is -0.390 e. The molecule has 0 aliphatic rings. The van der Waals surface area contributed by atoms with Crippen molar-refractivity contribution >= 4 is 0 Å². The lowest BCUT2D eigenvalue weighted by molar-refractivity contribution is 0.00712. The SMILES string of the molecule is CCCCCCCC/C=C\CCCCCCCC(O)C(O)CCCCCCCCC. The van der Waals surface area contributed by atoms with Gasteiger partial charge in [0.05, 0.1) is 12.2 Å². The quantitative estimate of drug-likeness (QED) is 0.120. The molecule has 0 aromatic carbocycles. The molecule has 2 nitrogen and oxygen atoms in total. The van der Waals surface area contributed by atoms with Crippen molar-refractivity contribution < 1.29 is 10.2 Å². The number of aliphatic hydroxyl groups is 2. The molecule has 0 aromatic rings. The smallest absolute Gasteiger partial charge is 0.0799 e. The summed E-state index contributed by atoms with van der Waals surface area (Å²) in [5, 5.41) is 20.3. The summed E-state index contributed by atoms with van der Waals surface area (Å²) in [4.78, 5) is 0. The van der Waals surface area contributed by atoms with Gasteiger partial charge in [0.1, 0.15) is 0 Å². The zero-order chi connectivity index (χ0) is 22.1. The van der Waals surface area contributed by atoms with Crippen LogP contribution < -0.4 is 0 Å². The molecule has 0 aromatic heterocycles. The Labute approximate surface area is 189 Å². The van der Waals surface area contributed by atoms with E-state index in [-0.39, 0.29) is 0 Å². The monoisotopic (exact) mass is 424 g/mol. The van der Waals surface area contributed by atoms with Gasteiger partial charge in [0.25, 0.3) is 0 Å². The molecule has 0 bridgehead atoms. The fraction of sp³-hybridized carbons (Fsp3) is 0.929. The maximum atomic E-state index is 10.1. The predicted molar refractivity (Wildman–Crippen MR) is 134 cm³/mol. The standard InChI is InChI=1S/C28H56O2/c1-3-5-7-9-11-12-13-14-15-16-17-18-20-22-24-26-28(30)27(29)25-23-21-19-10-8-6-4-2/h14-15,27-30H,3-13,16-26H2,1-2H3/b15-14-. The number of rotatable bonds is 24. The molecule has 2 unspecified atom stereocenters. The molecule has 180 valence electrons. The van der Waals surface area contributed by atoms with Gasteiger partial charge in [-0.25, -0.2) is 0 Å². The van der Waals surface area contributed by atoms with Crippen LogP contribution in [0, 0.1) is 0 Å². The molecule has 0 heterocycles. The van der Waals surface area contributed by atoms with Gasteiger partial charge in [0, 0.05) is 0 Å². The zero-order valence-electron chi connectivity index (χ0n) is 20.8. The van der Waals surface area contributed by atoms with Crippen molar-refractivity contribution in [3.05, 3.63) is 12.2 Å². The Hall–Kier alpha value is -0.340. The predicted octanol–water partition coefficient (Wildman–Crippen LogP) is 8.89. The van der Waals surface area contributed by atoms with Crippen molar-refractivity contribution in [2.45, 2.75) is 167 Å². The van der Waals surface area contributed by atoms with Crippen LogP contribution in [0.2, 0.25) is 0 Å². The van der Waals surface area contributed by atoms with Crippen LogP contribution in [-0.4, -0.2) is 22.4 Å². The minimum absolute atomic E-state index is 0.516.